The smallest absolute Gasteiger partial charge is 0.0929 e. The van der Waals surface area contributed by atoms with Crippen molar-refractivity contribution in [2.45, 2.75) is 90.1 Å². The van der Waals surface area contributed by atoms with E-state index >= 15 is 0 Å². The zero-order valence-electron chi connectivity index (χ0n) is 16.5. The first kappa shape index (κ1) is 21.8. The predicted octanol–water partition coefficient (Wildman–Crippen LogP) is 3.32. The minimum Gasteiger partial charge on any atom is -0.387 e. The van der Waals surface area contributed by atoms with Gasteiger partial charge < -0.3 is 24.1 Å². The largest absolute Gasteiger partial charge is 0.387 e. The summed E-state index contributed by atoms with van der Waals surface area (Å²) in [6, 6.07) is 0. The van der Waals surface area contributed by atoms with Gasteiger partial charge in [-0.15, -0.1) is 0 Å². The van der Waals surface area contributed by atoms with Crippen LogP contribution in [0.4, 0.5) is 0 Å². The molecule has 0 heterocycles. The van der Waals surface area contributed by atoms with Gasteiger partial charge in [0.1, 0.15) is 0 Å². The zero-order valence-corrected chi connectivity index (χ0v) is 16.5. The van der Waals surface area contributed by atoms with Gasteiger partial charge in [-0.3, -0.25) is 0 Å². The highest BCUT2D eigenvalue weighted by molar-refractivity contribution is 4.96. The van der Waals surface area contributed by atoms with E-state index in [2.05, 4.69) is 20.8 Å². The number of aliphatic hydroxyl groups is 1. The summed E-state index contributed by atoms with van der Waals surface area (Å²) in [5.41, 5.74) is -0.935. The fourth-order valence-corrected chi connectivity index (χ4v) is 2.66. The predicted molar refractivity (Wildman–Crippen MR) is 95.4 cm³/mol. The maximum Gasteiger partial charge on any atom is 0.0929 e. The van der Waals surface area contributed by atoms with Crippen LogP contribution in [0.3, 0.4) is 0 Å². The zero-order chi connectivity index (χ0) is 18.3. The van der Waals surface area contributed by atoms with Crippen LogP contribution < -0.4 is 0 Å². The summed E-state index contributed by atoms with van der Waals surface area (Å²) in [6.45, 7) is 15.4. The highest BCUT2D eigenvalue weighted by atomic mass is 16.5. The molecule has 1 aliphatic carbocycles. The van der Waals surface area contributed by atoms with E-state index < -0.39 is 5.60 Å². The summed E-state index contributed by atoms with van der Waals surface area (Å²) >= 11 is 0. The third kappa shape index (κ3) is 10.6. The molecule has 144 valence electrons. The lowest BCUT2D eigenvalue weighted by molar-refractivity contribution is -0.197. The van der Waals surface area contributed by atoms with Gasteiger partial charge in [-0.1, -0.05) is 0 Å². The molecule has 5 nitrogen and oxygen atoms in total. The molecule has 1 fully saturated rings. The molecule has 0 aliphatic heterocycles. The monoisotopic (exact) mass is 346 g/mol. The minimum absolute atomic E-state index is 0.0768. The van der Waals surface area contributed by atoms with E-state index in [1.165, 1.54) is 0 Å². The first-order valence-electron chi connectivity index (χ1n) is 9.19. The molecule has 1 N–H and O–H groups in total. The average Bonchev–Trinajstić information content (AvgIpc) is 2.36. The molecule has 0 unspecified atom stereocenters. The summed E-state index contributed by atoms with van der Waals surface area (Å²) in [4.78, 5) is 0. The Morgan fingerprint density at radius 3 is 1.92 bits per heavy atom. The van der Waals surface area contributed by atoms with E-state index in [1.54, 1.807) is 0 Å². The summed E-state index contributed by atoms with van der Waals surface area (Å²) in [5, 5.41) is 10.3. The Balaban J connectivity index is 1.89. The Morgan fingerprint density at radius 2 is 1.38 bits per heavy atom. The van der Waals surface area contributed by atoms with E-state index in [4.69, 9.17) is 18.9 Å². The van der Waals surface area contributed by atoms with Crippen LogP contribution in [-0.2, 0) is 18.9 Å². The van der Waals surface area contributed by atoms with Gasteiger partial charge >= 0.3 is 0 Å². The highest BCUT2D eigenvalue weighted by Crippen LogP contribution is 2.36. The van der Waals surface area contributed by atoms with E-state index in [9.17, 15) is 5.11 Å². The van der Waals surface area contributed by atoms with E-state index in [0.29, 0.717) is 39.3 Å². The van der Waals surface area contributed by atoms with Gasteiger partial charge in [-0.05, 0) is 54.4 Å². The molecule has 0 radical (unpaired) electrons. The van der Waals surface area contributed by atoms with Crippen molar-refractivity contribution < 1.29 is 24.1 Å². The lowest BCUT2D eigenvalue weighted by Gasteiger charge is -2.45. The van der Waals surface area contributed by atoms with E-state index in [-0.39, 0.29) is 17.3 Å². The minimum atomic E-state index is -0.707. The summed E-state index contributed by atoms with van der Waals surface area (Å²) < 4.78 is 22.6. The molecule has 0 aromatic heterocycles. The quantitative estimate of drug-likeness (QED) is 0.582. The summed E-state index contributed by atoms with van der Waals surface area (Å²) in [5.74, 6) is 0. The Hall–Kier alpha value is -0.200. The molecule has 0 spiro atoms. The lowest BCUT2D eigenvalue weighted by atomic mass is 9.78. The number of rotatable bonds is 11. The maximum absolute atomic E-state index is 10.3. The van der Waals surface area contributed by atoms with E-state index in [0.717, 1.165) is 19.4 Å². The molecule has 0 saturated heterocycles. The van der Waals surface area contributed by atoms with Gasteiger partial charge in [0.2, 0.25) is 0 Å². The Labute approximate surface area is 148 Å². The van der Waals surface area contributed by atoms with Crippen molar-refractivity contribution in [3.63, 3.8) is 0 Å². The average molecular weight is 347 g/mol. The highest BCUT2D eigenvalue weighted by Gasteiger charge is 2.44. The van der Waals surface area contributed by atoms with Gasteiger partial charge in [-0.25, -0.2) is 0 Å². The van der Waals surface area contributed by atoms with Gasteiger partial charge in [0.05, 0.1) is 29.5 Å². The van der Waals surface area contributed by atoms with E-state index in [1.807, 2.05) is 20.8 Å². The van der Waals surface area contributed by atoms with Crippen molar-refractivity contribution in [1.29, 1.82) is 0 Å². The van der Waals surface area contributed by atoms with Crippen LogP contribution in [0.1, 0.15) is 67.2 Å². The first-order valence-corrected chi connectivity index (χ1v) is 9.19. The topological polar surface area (TPSA) is 57.2 Å². The number of hydrogen-bond donors (Lipinski definition) is 1. The first-order chi connectivity index (χ1) is 11.0. The molecule has 1 saturated carbocycles. The van der Waals surface area contributed by atoms with Gasteiger partial charge in [0.15, 0.2) is 0 Å². The van der Waals surface area contributed by atoms with Crippen molar-refractivity contribution in [1.82, 2.24) is 0 Å². The van der Waals surface area contributed by atoms with Crippen molar-refractivity contribution in [3.05, 3.63) is 0 Å². The molecular formula is C19H38O5. The summed E-state index contributed by atoms with van der Waals surface area (Å²) in [7, 11) is 0. The van der Waals surface area contributed by atoms with Crippen molar-refractivity contribution in [2.75, 3.05) is 33.0 Å². The molecule has 0 bridgehead atoms. The molecule has 0 aromatic rings. The summed E-state index contributed by atoms with van der Waals surface area (Å²) in [6.07, 6.45) is 3.23. The molecule has 1 aliphatic rings. The van der Waals surface area contributed by atoms with Crippen molar-refractivity contribution in [2.24, 2.45) is 0 Å². The Kier molecular flexibility index (Phi) is 8.63. The standard InChI is InChI=1S/C19H38O5/c1-17(2,3)23-12-8-10-21-9-7-11-22-15-19(20)13-16(14-19)24-18(4,5)6/h16,20H,7-15H2,1-6H3. The van der Waals surface area contributed by atoms with Crippen LogP contribution in [0.2, 0.25) is 0 Å². The second kappa shape index (κ2) is 9.48. The lowest BCUT2D eigenvalue weighted by Crippen LogP contribution is -2.53. The Bertz CT molecular complexity index is 337. The normalized spacial score (nSPS) is 24.9. The molecule has 24 heavy (non-hydrogen) atoms. The van der Waals surface area contributed by atoms with Crippen LogP contribution >= 0.6 is 0 Å². The van der Waals surface area contributed by atoms with Crippen LogP contribution in [0, 0.1) is 0 Å². The third-order valence-electron chi connectivity index (χ3n) is 3.65. The maximum atomic E-state index is 10.3. The molecule has 0 amide bonds. The number of ether oxygens (including phenoxy) is 4. The van der Waals surface area contributed by atoms with Crippen LogP contribution in [0.5, 0.6) is 0 Å². The SMILES string of the molecule is CC(C)(C)OCCCOCCCOCC1(O)CC(OC(C)(C)C)C1. The molecular weight excluding hydrogens is 308 g/mol. The van der Waals surface area contributed by atoms with Crippen molar-refractivity contribution in [3.8, 4) is 0 Å². The van der Waals surface area contributed by atoms with Gasteiger partial charge in [0, 0.05) is 39.3 Å². The second-order valence-corrected chi connectivity index (χ2v) is 8.82. The van der Waals surface area contributed by atoms with Gasteiger partial charge in [0.25, 0.3) is 0 Å². The van der Waals surface area contributed by atoms with Gasteiger partial charge in [-0.2, -0.15) is 0 Å². The molecule has 0 atom stereocenters. The third-order valence-corrected chi connectivity index (χ3v) is 3.65. The fraction of sp³-hybridized carbons (Fsp3) is 1.00. The van der Waals surface area contributed by atoms with Crippen molar-refractivity contribution >= 4 is 0 Å². The Morgan fingerprint density at radius 1 is 0.833 bits per heavy atom. The van der Waals surface area contributed by atoms with Crippen LogP contribution in [-0.4, -0.2) is 61.0 Å². The molecule has 1 rings (SSSR count). The van der Waals surface area contributed by atoms with Crippen LogP contribution in [0.25, 0.3) is 0 Å². The molecule has 0 aromatic carbocycles. The van der Waals surface area contributed by atoms with Crippen LogP contribution in [0.15, 0.2) is 0 Å². The fourth-order valence-electron chi connectivity index (χ4n) is 2.66. The molecule has 5 heteroatoms. The number of hydrogen-bond acceptors (Lipinski definition) is 5. The second-order valence-electron chi connectivity index (χ2n) is 8.82.